The molecule has 1 amide bonds. The molecule has 0 spiro atoms. The first-order valence-corrected chi connectivity index (χ1v) is 6.90. The molecular formula is C11H10N4O4S. The Morgan fingerprint density at radius 2 is 1.90 bits per heavy atom. The minimum absolute atomic E-state index is 0.0279. The number of aromatic nitrogens is 2. The highest BCUT2D eigenvalue weighted by Crippen LogP contribution is 2.13. The van der Waals surface area contributed by atoms with Crippen LogP contribution < -0.4 is 16.0 Å². The summed E-state index contributed by atoms with van der Waals surface area (Å²) in [5.74, 6) is -0.537. The van der Waals surface area contributed by atoms with E-state index in [0.29, 0.717) is 5.69 Å². The van der Waals surface area contributed by atoms with Crippen molar-refractivity contribution in [1.29, 1.82) is 0 Å². The molecule has 2 aromatic rings. The summed E-state index contributed by atoms with van der Waals surface area (Å²) in [6.07, 6.45) is 2.16. The number of rotatable bonds is 3. The van der Waals surface area contributed by atoms with Crippen LogP contribution >= 0.6 is 0 Å². The average Bonchev–Trinajstić information content (AvgIpc) is 2.39. The van der Waals surface area contributed by atoms with Crippen molar-refractivity contribution in [3.8, 4) is 0 Å². The normalized spacial score (nSPS) is 11.1. The third kappa shape index (κ3) is 3.28. The van der Waals surface area contributed by atoms with Crippen molar-refractivity contribution in [2.75, 3.05) is 5.32 Å². The van der Waals surface area contributed by atoms with Crippen molar-refractivity contribution >= 4 is 21.6 Å². The molecule has 2 rings (SSSR count). The highest BCUT2D eigenvalue weighted by Gasteiger charge is 2.10. The predicted octanol–water partition coefficient (Wildman–Crippen LogP) is -0.330. The van der Waals surface area contributed by atoms with Gasteiger partial charge in [-0.15, -0.1) is 0 Å². The lowest BCUT2D eigenvalue weighted by atomic mass is 10.3. The Labute approximate surface area is 113 Å². The summed E-state index contributed by atoms with van der Waals surface area (Å²) in [6.45, 7) is 0. The Morgan fingerprint density at radius 3 is 2.40 bits per heavy atom. The van der Waals surface area contributed by atoms with Crippen LogP contribution in [0.1, 0.15) is 10.5 Å². The first kappa shape index (κ1) is 13.9. The number of carbonyl (C=O) groups is 1. The van der Waals surface area contributed by atoms with Gasteiger partial charge >= 0.3 is 0 Å². The zero-order valence-corrected chi connectivity index (χ0v) is 10.8. The summed E-state index contributed by atoms with van der Waals surface area (Å²) >= 11 is 0. The van der Waals surface area contributed by atoms with E-state index >= 15 is 0 Å². The number of hydrogen-bond donors (Lipinski definition) is 3. The number of hydrogen-bond acceptors (Lipinski definition) is 5. The number of anilines is 1. The van der Waals surface area contributed by atoms with Crippen molar-refractivity contribution in [3.05, 3.63) is 52.7 Å². The number of aromatic amines is 1. The third-order valence-electron chi connectivity index (χ3n) is 2.35. The minimum atomic E-state index is -3.77. The van der Waals surface area contributed by atoms with Gasteiger partial charge in [-0.2, -0.15) is 0 Å². The molecule has 104 valence electrons. The molecule has 9 heteroatoms. The number of nitrogens with two attached hydrogens (primary N) is 1. The van der Waals surface area contributed by atoms with E-state index in [1.54, 1.807) is 0 Å². The van der Waals surface area contributed by atoms with Crippen LogP contribution in [-0.2, 0) is 10.0 Å². The lowest BCUT2D eigenvalue weighted by Crippen LogP contribution is -2.17. The summed E-state index contributed by atoms with van der Waals surface area (Å²) < 4.78 is 22.1. The number of sulfonamides is 1. The fraction of sp³-hybridized carbons (Fsp3) is 0. The van der Waals surface area contributed by atoms with Crippen LogP contribution in [0.25, 0.3) is 0 Å². The van der Waals surface area contributed by atoms with Gasteiger partial charge in [0.05, 0.1) is 11.1 Å². The van der Waals surface area contributed by atoms with Crippen LogP contribution in [-0.4, -0.2) is 24.3 Å². The molecule has 1 heterocycles. The summed E-state index contributed by atoms with van der Waals surface area (Å²) in [7, 11) is -3.77. The maximum Gasteiger partial charge on any atom is 0.275 e. The molecule has 1 aromatic carbocycles. The highest BCUT2D eigenvalue weighted by molar-refractivity contribution is 7.89. The summed E-state index contributed by atoms with van der Waals surface area (Å²) in [4.78, 5) is 28.5. The van der Waals surface area contributed by atoms with Gasteiger partial charge in [-0.1, -0.05) is 0 Å². The van der Waals surface area contributed by atoms with Crippen LogP contribution in [0, 0.1) is 0 Å². The first-order chi connectivity index (χ1) is 9.36. The van der Waals surface area contributed by atoms with E-state index in [0.717, 1.165) is 6.20 Å². The first-order valence-electron chi connectivity index (χ1n) is 5.35. The van der Waals surface area contributed by atoms with Crippen LogP contribution in [0.15, 0.2) is 46.3 Å². The second-order valence-electron chi connectivity index (χ2n) is 3.82. The summed E-state index contributed by atoms with van der Waals surface area (Å²) in [6, 6.07) is 5.32. The van der Waals surface area contributed by atoms with E-state index in [4.69, 9.17) is 5.14 Å². The maximum absolute atomic E-state index is 11.8. The topological polar surface area (TPSA) is 135 Å². The molecule has 8 nitrogen and oxygen atoms in total. The Morgan fingerprint density at radius 1 is 1.25 bits per heavy atom. The van der Waals surface area contributed by atoms with Gasteiger partial charge in [0.15, 0.2) is 0 Å². The molecule has 0 atom stereocenters. The molecule has 0 unspecified atom stereocenters. The van der Waals surface area contributed by atoms with Gasteiger partial charge in [0.25, 0.3) is 11.5 Å². The van der Waals surface area contributed by atoms with Gasteiger partial charge in [-0.05, 0) is 24.3 Å². The molecule has 4 N–H and O–H groups in total. The molecule has 0 aliphatic carbocycles. The molecule has 0 saturated carbocycles. The fourth-order valence-electron chi connectivity index (χ4n) is 1.39. The monoisotopic (exact) mass is 294 g/mol. The molecule has 20 heavy (non-hydrogen) atoms. The van der Waals surface area contributed by atoms with E-state index in [1.807, 2.05) is 0 Å². The van der Waals surface area contributed by atoms with Gasteiger partial charge in [-0.3, -0.25) is 9.59 Å². The van der Waals surface area contributed by atoms with E-state index < -0.39 is 21.5 Å². The van der Waals surface area contributed by atoms with Gasteiger partial charge in [0, 0.05) is 11.9 Å². The smallest absolute Gasteiger partial charge is 0.275 e. The number of amides is 1. The van der Waals surface area contributed by atoms with E-state index in [-0.39, 0.29) is 10.6 Å². The number of benzene rings is 1. The highest BCUT2D eigenvalue weighted by atomic mass is 32.2. The van der Waals surface area contributed by atoms with Crippen molar-refractivity contribution in [2.24, 2.45) is 5.14 Å². The van der Waals surface area contributed by atoms with Gasteiger partial charge in [0.1, 0.15) is 5.69 Å². The van der Waals surface area contributed by atoms with Crippen molar-refractivity contribution in [1.82, 2.24) is 9.97 Å². The summed E-state index contributed by atoms with van der Waals surface area (Å²) in [5, 5.41) is 7.45. The molecule has 0 aliphatic rings. The number of primary sulfonamides is 1. The predicted molar refractivity (Wildman–Crippen MR) is 70.6 cm³/mol. The van der Waals surface area contributed by atoms with Crippen molar-refractivity contribution < 1.29 is 13.2 Å². The Bertz CT molecular complexity index is 775. The SMILES string of the molecule is NS(=O)(=O)c1ccc(NC(=O)c2c[nH]c(=O)cn2)cc1. The van der Waals surface area contributed by atoms with E-state index in [9.17, 15) is 18.0 Å². The fourth-order valence-corrected chi connectivity index (χ4v) is 1.90. The van der Waals surface area contributed by atoms with Crippen LogP contribution in [0.5, 0.6) is 0 Å². The molecule has 0 saturated heterocycles. The maximum atomic E-state index is 11.8. The zero-order valence-electron chi connectivity index (χ0n) is 10.0. The van der Waals surface area contributed by atoms with Crippen molar-refractivity contribution in [3.63, 3.8) is 0 Å². The number of carbonyl (C=O) groups excluding carboxylic acids is 1. The lowest BCUT2D eigenvalue weighted by Gasteiger charge is -2.05. The Balaban J connectivity index is 2.16. The minimum Gasteiger partial charge on any atom is -0.325 e. The third-order valence-corrected chi connectivity index (χ3v) is 3.27. The molecule has 0 fully saturated rings. The lowest BCUT2D eigenvalue weighted by molar-refractivity contribution is 0.102. The van der Waals surface area contributed by atoms with Gasteiger partial charge in [-0.25, -0.2) is 18.5 Å². The molecule has 1 aromatic heterocycles. The van der Waals surface area contributed by atoms with E-state index in [1.165, 1.54) is 30.5 Å². The standard InChI is InChI=1S/C11H10N4O4S/c12-20(18,19)8-3-1-7(2-4-8)15-11(17)9-5-14-10(16)6-13-9/h1-6H,(H,14,16)(H,15,17)(H2,12,18,19). The second-order valence-corrected chi connectivity index (χ2v) is 5.38. The number of nitrogens with zero attached hydrogens (tertiary/aromatic N) is 1. The largest absolute Gasteiger partial charge is 0.325 e. The zero-order chi connectivity index (χ0) is 14.8. The number of H-pyrrole nitrogens is 1. The van der Waals surface area contributed by atoms with Gasteiger partial charge < -0.3 is 10.3 Å². The molecule has 0 aliphatic heterocycles. The Kier molecular flexibility index (Phi) is 3.63. The second kappa shape index (κ2) is 5.23. The van der Waals surface area contributed by atoms with Crippen molar-refractivity contribution in [2.45, 2.75) is 4.90 Å². The molecular weight excluding hydrogens is 284 g/mol. The average molecular weight is 294 g/mol. The van der Waals surface area contributed by atoms with Crippen LogP contribution in [0.4, 0.5) is 5.69 Å². The van der Waals surface area contributed by atoms with Crippen LogP contribution in [0.2, 0.25) is 0 Å². The van der Waals surface area contributed by atoms with Gasteiger partial charge in [0.2, 0.25) is 10.0 Å². The number of nitrogens with one attached hydrogen (secondary N) is 2. The molecule has 0 bridgehead atoms. The van der Waals surface area contributed by atoms with E-state index in [2.05, 4.69) is 15.3 Å². The quantitative estimate of drug-likeness (QED) is 0.712. The molecule has 0 radical (unpaired) electrons. The van der Waals surface area contributed by atoms with Crippen LogP contribution in [0.3, 0.4) is 0 Å². The Hall–Kier alpha value is -2.52. The summed E-state index contributed by atoms with van der Waals surface area (Å²) in [5.41, 5.74) is -0.0189.